The zero-order chi connectivity index (χ0) is 23.6. The fourth-order valence-corrected chi connectivity index (χ4v) is 5.04. The van der Waals surface area contributed by atoms with E-state index in [0.717, 1.165) is 85.4 Å². The molecule has 1 saturated heterocycles. The van der Waals surface area contributed by atoms with Crippen molar-refractivity contribution in [2.45, 2.75) is 19.4 Å². The van der Waals surface area contributed by atoms with E-state index in [9.17, 15) is 0 Å². The van der Waals surface area contributed by atoms with Gasteiger partial charge in [-0.2, -0.15) is 10.2 Å². The summed E-state index contributed by atoms with van der Waals surface area (Å²) in [4.78, 5) is 6.81. The first kappa shape index (κ1) is 21.8. The van der Waals surface area contributed by atoms with Crippen LogP contribution in [0.5, 0.6) is 0 Å². The Hall–Kier alpha value is -3.75. The van der Waals surface area contributed by atoms with Crippen LogP contribution in [0, 0.1) is 0 Å². The molecule has 8 heteroatoms. The number of nitrogens with zero attached hydrogens (tertiary/aromatic N) is 6. The maximum Gasteiger partial charge on any atom is 0.151 e. The number of nitrogen functional groups attached to an aromatic ring is 1. The Labute approximate surface area is 204 Å². The lowest BCUT2D eigenvalue weighted by molar-refractivity contribution is 0.238. The van der Waals surface area contributed by atoms with E-state index < -0.39 is 0 Å². The second-order valence-corrected chi connectivity index (χ2v) is 9.24. The van der Waals surface area contributed by atoms with Crippen molar-refractivity contribution in [3.63, 3.8) is 0 Å². The Morgan fingerprint density at radius 3 is 2.71 bits per heavy atom. The molecule has 0 amide bonds. The van der Waals surface area contributed by atoms with Crippen molar-refractivity contribution in [1.82, 2.24) is 34.6 Å². The van der Waals surface area contributed by atoms with Gasteiger partial charge in [0.2, 0.25) is 0 Å². The third-order valence-electron chi connectivity index (χ3n) is 6.83. The van der Waals surface area contributed by atoms with Gasteiger partial charge in [-0.15, -0.1) is 0 Å². The summed E-state index contributed by atoms with van der Waals surface area (Å²) in [5, 5.41) is 13.9. The van der Waals surface area contributed by atoms with Crippen LogP contribution in [0.25, 0.3) is 27.5 Å². The maximum atomic E-state index is 6.35. The van der Waals surface area contributed by atoms with Crippen molar-refractivity contribution in [2.75, 3.05) is 38.5 Å². The van der Waals surface area contributed by atoms with Crippen molar-refractivity contribution in [3.8, 4) is 11.1 Å². The van der Waals surface area contributed by atoms with Gasteiger partial charge in [-0.3, -0.25) is 4.68 Å². The van der Waals surface area contributed by atoms with Crippen LogP contribution in [0.1, 0.15) is 17.7 Å². The molecule has 178 valence electrons. The van der Waals surface area contributed by atoms with Crippen LogP contribution in [0.3, 0.4) is 0 Å². The van der Waals surface area contributed by atoms with Crippen molar-refractivity contribution in [3.05, 3.63) is 78.4 Å². The van der Waals surface area contributed by atoms with Crippen molar-refractivity contribution in [1.29, 1.82) is 0 Å². The van der Waals surface area contributed by atoms with E-state index in [1.807, 2.05) is 15.3 Å². The number of nitrogens with two attached hydrogens (primary N) is 1. The molecule has 0 aliphatic carbocycles. The minimum Gasteiger partial charge on any atom is -0.382 e. The lowest BCUT2D eigenvalue weighted by atomic mass is 10.0. The highest BCUT2D eigenvalue weighted by Crippen LogP contribution is 2.32. The van der Waals surface area contributed by atoms with Crippen LogP contribution < -0.4 is 11.1 Å². The van der Waals surface area contributed by atoms with Crippen LogP contribution in [0.4, 0.5) is 5.82 Å². The van der Waals surface area contributed by atoms with Gasteiger partial charge in [0.25, 0.3) is 0 Å². The molecule has 35 heavy (non-hydrogen) atoms. The zero-order valence-corrected chi connectivity index (χ0v) is 19.8. The molecular formula is C27H30N8. The molecule has 2 aromatic carbocycles. The van der Waals surface area contributed by atoms with Crippen LogP contribution in [-0.2, 0) is 13.0 Å². The molecular weight excluding hydrogens is 436 g/mol. The molecule has 1 aliphatic rings. The number of aryl methyl sites for hydroxylation is 1. The second-order valence-electron chi connectivity index (χ2n) is 9.24. The molecule has 0 unspecified atom stereocenters. The van der Waals surface area contributed by atoms with Gasteiger partial charge in [0, 0.05) is 49.0 Å². The normalized spacial score (nSPS) is 14.7. The monoisotopic (exact) mass is 466 g/mol. The number of benzene rings is 2. The molecule has 3 N–H and O–H groups in total. The summed E-state index contributed by atoms with van der Waals surface area (Å²) >= 11 is 0. The first-order chi connectivity index (χ1) is 17.2. The summed E-state index contributed by atoms with van der Waals surface area (Å²) in [5.41, 5.74) is 12.7. The Bertz CT molecular complexity index is 1450. The topological polar surface area (TPSA) is 89.3 Å². The Balaban J connectivity index is 1.29. The highest BCUT2D eigenvalue weighted by atomic mass is 15.3. The third kappa shape index (κ3) is 4.50. The molecule has 1 aliphatic heterocycles. The van der Waals surface area contributed by atoms with Crippen molar-refractivity contribution < 1.29 is 0 Å². The fraction of sp³-hybridized carbons (Fsp3) is 0.296. The number of piperazine rings is 1. The van der Waals surface area contributed by atoms with E-state index in [-0.39, 0.29) is 0 Å². The number of rotatable bonds is 7. The average Bonchev–Trinajstić information content (AvgIpc) is 3.46. The third-order valence-corrected chi connectivity index (χ3v) is 6.83. The van der Waals surface area contributed by atoms with Crippen molar-refractivity contribution >= 4 is 22.2 Å². The molecule has 0 spiro atoms. The van der Waals surface area contributed by atoms with E-state index >= 15 is 0 Å². The highest BCUT2D eigenvalue weighted by molar-refractivity contribution is 5.92. The Morgan fingerprint density at radius 1 is 1.00 bits per heavy atom. The minimum atomic E-state index is 0.498. The van der Waals surface area contributed by atoms with Crippen LogP contribution in [0.15, 0.2) is 67.1 Å². The van der Waals surface area contributed by atoms with Gasteiger partial charge in [-0.25, -0.2) is 9.50 Å². The molecule has 0 atom stereocenters. The molecule has 3 aromatic heterocycles. The van der Waals surface area contributed by atoms with E-state index in [1.54, 1.807) is 6.33 Å². The quantitative estimate of drug-likeness (QED) is 0.383. The average molecular weight is 467 g/mol. The fourth-order valence-electron chi connectivity index (χ4n) is 5.04. The van der Waals surface area contributed by atoms with Crippen LogP contribution >= 0.6 is 0 Å². The summed E-state index contributed by atoms with van der Waals surface area (Å²) in [7, 11) is 0. The minimum absolute atomic E-state index is 0.498. The van der Waals surface area contributed by atoms with E-state index in [1.165, 1.54) is 5.56 Å². The standard InChI is InChI=1S/C27H30N8/c28-27-26-24(16-23(35(26)31-19-30-27)7-4-12-33-13-10-29-11-14-33)21-8-9-22-18-34(32-25(22)15-21)17-20-5-2-1-3-6-20/h1-3,5-6,8-9,15-16,18-19,29H,4,7,10-14,17H2,(H2,28,30,31). The molecule has 8 nitrogen and oxygen atoms in total. The smallest absolute Gasteiger partial charge is 0.151 e. The van der Waals surface area contributed by atoms with Gasteiger partial charge in [-0.1, -0.05) is 42.5 Å². The predicted molar refractivity (Wildman–Crippen MR) is 139 cm³/mol. The highest BCUT2D eigenvalue weighted by Gasteiger charge is 2.17. The lowest BCUT2D eigenvalue weighted by Crippen LogP contribution is -2.43. The predicted octanol–water partition coefficient (Wildman–Crippen LogP) is 3.21. The number of hydrogen-bond donors (Lipinski definition) is 2. The van der Waals surface area contributed by atoms with Gasteiger partial charge in [-0.05, 0) is 42.6 Å². The second kappa shape index (κ2) is 9.48. The number of nitrogens with one attached hydrogen (secondary N) is 1. The Morgan fingerprint density at radius 2 is 1.86 bits per heavy atom. The summed E-state index contributed by atoms with van der Waals surface area (Å²) in [6, 6.07) is 19.0. The number of fused-ring (bicyclic) bond motifs is 2. The molecule has 1 fully saturated rings. The lowest BCUT2D eigenvalue weighted by Gasteiger charge is -2.26. The molecule has 0 bridgehead atoms. The zero-order valence-electron chi connectivity index (χ0n) is 19.8. The summed E-state index contributed by atoms with van der Waals surface area (Å²) in [6.45, 7) is 6.23. The molecule has 0 radical (unpaired) electrons. The van der Waals surface area contributed by atoms with Crippen LogP contribution in [0.2, 0.25) is 0 Å². The van der Waals surface area contributed by atoms with E-state index in [0.29, 0.717) is 5.82 Å². The first-order valence-corrected chi connectivity index (χ1v) is 12.3. The first-order valence-electron chi connectivity index (χ1n) is 12.3. The van der Waals surface area contributed by atoms with Gasteiger partial charge < -0.3 is 16.0 Å². The summed E-state index contributed by atoms with van der Waals surface area (Å²) < 4.78 is 3.97. The number of aromatic nitrogens is 5. The van der Waals surface area contributed by atoms with Gasteiger partial charge in [0.1, 0.15) is 11.8 Å². The molecule has 4 heterocycles. The number of hydrogen-bond acceptors (Lipinski definition) is 6. The SMILES string of the molecule is Nc1ncnn2c(CCCN3CCNCC3)cc(-c3ccc4cn(Cc5ccccc5)nc4c3)c12. The van der Waals surface area contributed by atoms with Crippen LogP contribution in [-0.4, -0.2) is 62.0 Å². The maximum absolute atomic E-state index is 6.35. The molecule has 0 saturated carbocycles. The van der Waals surface area contributed by atoms with Gasteiger partial charge in [0.05, 0.1) is 12.1 Å². The van der Waals surface area contributed by atoms with E-state index in [2.05, 4.69) is 75.0 Å². The van der Waals surface area contributed by atoms with Gasteiger partial charge >= 0.3 is 0 Å². The molecule has 5 aromatic rings. The van der Waals surface area contributed by atoms with Crippen molar-refractivity contribution in [2.24, 2.45) is 0 Å². The summed E-state index contributed by atoms with van der Waals surface area (Å²) in [5.74, 6) is 0.498. The summed E-state index contributed by atoms with van der Waals surface area (Å²) in [6.07, 6.45) is 5.66. The van der Waals surface area contributed by atoms with Gasteiger partial charge in [0.15, 0.2) is 5.82 Å². The largest absolute Gasteiger partial charge is 0.382 e. The molecule has 6 rings (SSSR count). The number of anilines is 1. The van der Waals surface area contributed by atoms with E-state index in [4.69, 9.17) is 10.8 Å². The Kier molecular flexibility index (Phi) is 5.89.